The molecular weight excluding hydrogens is 196 g/mol. The molecule has 0 spiro atoms. The van der Waals surface area contributed by atoms with Crippen LogP contribution in [0.4, 0.5) is 0 Å². The first-order valence-corrected chi connectivity index (χ1v) is 4.68. The lowest BCUT2D eigenvalue weighted by Crippen LogP contribution is -2.33. The molecule has 5 nitrogen and oxygen atoms in total. The SMILES string of the molecule is CC(C)NC(=O)Cn1cccc1C(=O)O. The number of hydrogen-bond donors (Lipinski definition) is 2. The number of aromatic nitrogens is 1. The molecule has 0 fully saturated rings. The van der Waals surface area contributed by atoms with Crippen molar-refractivity contribution in [2.75, 3.05) is 0 Å². The van der Waals surface area contributed by atoms with Gasteiger partial charge in [0, 0.05) is 12.2 Å². The number of nitrogens with one attached hydrogen (secondary N) is 1. The fourth-order valence-corrected chi connectivity index (χ4v) is 1.27. The highest BCUT2D eigenvalue weighted by atomic mass is 16.4. The van der Waals surface area contributed by atoms with E-state index < -0.39 is 5.97 Å². The molecule has 0 unspecified atom stereocenters. The Morgan fingerprint density at radius 2 is 2.20 bits per heavy atom. The monoisotopic (exact) mass is 210 g/mol. The maximum atomic E-state index is 11.4. The summed E-state index contributed by atoms with van der Waals surface area (Å²) in [5.41, 5.74) is 0.119. The lowest BCUT2D eigenvalue weighted by atomic mass is 10.4. The van der Waals surface area contributed by atoms with Crippen molar-refractivity contribution in [3.63, 3.8) is 0 Å². The van der Waals surface area contributed by atoms with Crippen molar-refractivity contribution in [1.29, 1.82) is 0 Å². The van der Waals surface area contributed by atoms with Gasteiger partial charge in [0.15, 0.2) is 0 Å². The number of aromatic carboxylic acids is 1. The molecule has 0 aliphatic rings. The molecule has 1 heterocycles. The topological polar surface area (TPSA) is 71.3 Å². The Hall–Kier alpha value is -1.78. The van der Waals surface area contributed by atoms with Gasteiger partial charge >= 0.3 is 5.97 Å². The molecule has 0 saturated heterocycles. The minimum atomic E-state index is -1.03. The Kier molecular flexibility index (Phi) is 3.49. The van der Waals surface area contributed by atoms with E-state index in [9.17, 15) is 9.59 Å². The Balaban J connectivity index is 2.68. The van der Waals surface area contributed by atoms with Crippen molar-refractivity contribution in [2.24, 2.45) is 0 Å². The third kappa shape index (κ3) is 3.12. The molecule has 0 radical (unpaired) electrons. The summed E-state index contributed by atoms with van der Waals surface area (Å²) in [7, 11) is 0. The Morgan fingerprint density at radius 1 is 1.53 bits per heavy atom. The van der Waals surface area contributed by atoms with E-state index in [4.69, 9.17) is 5.11 Å². The van der Waals surface area contributed by atoms with Crippen LogP contribution in [0.15, 0.2) is 18.3 Å². The summed E-state index contributed by atoms with van der Waals surface area (Å²) in [6.07, 6.45) is 1.57. The van der Waals surface area contributed by atoms with Crippen molar-refractivity contribution in [1.82, 2.24) is 9.88 Å². The number of carboxylic acid groups (broad SMARTS) is 1. The van der Waals surface area contributed by atoms with E-state index >= 15 is 0 Å². The van der Waals surface area contributed by atoms with Gasteiger partial charge < -0.3 is 15.0 Å². The molecule has 1 amide bonds. The molecule has 0 aliphatic carbocycles. The zero-order valence-corrected chi connectivity index (χ0v) is 8.73. The summed E-state index contributed by atoms with van der Waals surface area (Å²) >= 11 is 0. The Labute approximate surface area is 87.7 Å². The Morgan fingerprint density at radius 3 is 2.73 bits per heavy atom. The van der Waals surface area contributed by atoms with E-state index in [2.05, 4.69) is 5.32 Å². The Bertz CT molecular complexity index is 368. The molecule has 0 bridgehead atoms. The number of rotatable bonds is 4. The predicted molar refractivity (Wildman–Crippen MR) is 54.7 cm³/mol. The second-order valence-electron chi connectivity index (χ2n) is 3.55. The van der Waals surface area contributed by atoms with E-state index in [-0.39, 0.29) is 24.2 Å². The first-order chi connectivity index (χ1) is 7.00. The first-order valence-electron chi connectivity index (χ1n) is 4.68. The molecule has 0 atom stereocenters. The summed E-state index contributed by atoms with van der Waals surface area (Å²) in [6, 6.07) is 3.12. The van der Waals surface area contributed by atoms with Crippen molar-refractivity contribution < 1.29 is 14.7 Å². The van der Waals surface area contributed by atoms with E-state index in [0.29, 0.717) is 0 Å². The second kappa shape index (κ2) is 4.63. The fraction of sp³-hybridized carbons (Fsp3) is 0.400. The van der Waals surface area contributed by atoms with Crippen LogP contribution in [0.2, 0.25) is 0 Å². The van der Waals surface area contributed by atoms with E-state index in [0.717, 1.165) is 0 Å². The van der Waals surface area contributed by atoms with Crippen LogP contribution in [0.25, 0.3) is 0 Å². The van der Waals surface area contributed by atoms with Crippen LogP contribution in [0.5, 0.6) is 0 Å². The largest absolute Gasteiger partial charge is 0.477 e. The van der Waals surface area contributed by atoms with Gasteiger partial charge in [-0.3, -0.25) is 4.79 Å². The molecule has 1 aromatic rings. The second-order valence-corrected chi connectivity index (χ2v) is 3.55. The third-order valence-corrected chi connectivity index (χ3v) is 1.81. The molecule has 0 aromatic carbocycles. The first kappa shape index (κ1) is 11.3. The molecule has 1 rings (SSSR count). The number of amides is 1. The molecule has 15 heavy (non-hydrogen) atoms. The molecule has 82 valence electrons. The van der Waals surface area contributed by atoms with Crippen molar-refractivity contribution in [3.05, 3.63) is 24.0 Å². The number of carboxylic acids is 1. The van der Waals surface area contributed by atoms with Gasteiger partial charge in [0.25, 0.3) is 0 Å². The number of carbonyl (C=O) groups excluding carboxylic acids is 1. The van der Waals surface area contributed by atoms with Gasteiger partial charge in [-0.15, -0.1) is 0 Å². The minimum Gasteiger partial charge on any atom is -0.477 e. The van der Waals surface area contributed by atoms with E-state index in [1.54, 1.807) is 12.3 Å². The summed E-state index contributed by atoms with van der Waals surface area (Å²) in [4.78, 5) is 22.1. The fourth-order valence-electron chi connectivity index (χ4n) is 1.27. The number of nitrogens with zero attached hydrogens (tertiary/aromatic N) is 1. The summed E-state index contributed by atoms with van der Waals surface area (Å²) in [5.74, 6) is -1.22. The zero-order chi connectivity index (χ0) is 11.4. The zero-order valence-electron chi connectivity index (χ0n) is 8.73. The van der Waals surface area contributed by atoms with Crippen LogP contribution in [-0.4, -0.2) is 27.6 Å². The molecular formula is C10H14N2O3. The van der Waals surface area contributed by atoms with Crippen LogP contribution in [0, 0.1) is 0 Å². The summed E-state index contributed by atoms with van der Waals surface area (Å²) in [5, 5.41) is 11.5. The number of carbonyl (C=O) groups is 2. The smallest absolute Gasteiger partial charge is 0.352 e. The standard InChI is InChI=1S/C10H14N2O3/c1-7(2)11-9(13)6-12-5-3-4-8(12)10(14)15/h3-5,7H,6H2,1-2H3,(H,11,13)(H,14,15). The summed E-state index contributed by atoms with van der Waals surface area (Å²) < 4.78 is 1.40. The van der Waals surface area contributed by atoms with E-state index in [1.165, 1.54) is 10.6 Å². The predicted octanol–water partition coefficient (Wildman–Crippen LogP) is 0.711. The highest BCUT2D eigenvalue weighted by Crippen LogP contribution is 2.01. The molecule has 5 heteroatoms. The lowest BCUT2D eigenvalue weighted by molar-refractivity contribution is -0.122. The lowest BCUT2D eigenvalue weighted by Gasteiger charge is -2.09. The quantitative estimate of drug-likeness (QED) is 0.768. The molecule has 1 aromatic heterocycles. The van der Waals surface area contributed by atoms with Crippen LogP contribution < -0.4 is 5.32 Å². The minimum absolute atomic E-state index is 0.0345. The van der Waals surface area contributed by atoms with E-state index in [1.807, 2.05) is 13.8 Å². The van der Waals surface area contributed by atoms with Crippen LogP contribution in [0.3, 0.4) is 0 Å². The van der Waals surface area contributed by atoms with Gasteiger partial charge in [-0.2, -0.15) is 0 Å². The third-order valence-electron chi connectivity index (χ3n) is 1.81. The highest BCUT2D eigenvalue weighted by Gasteiger charge is 2.11. The van der Waals surface area contributed by atoms with Crippen molar-refractivity contribution in [3.8, 4) is 0 Å². The summed E-state index contributed by atoms with van der Waals surface area (Å²) in [6.45, 7) is 3.74. The van der Waals surface area contributed by atoms with Gasteiger partial charge in [0.2, 0.25) is 5.91 Å². The molecule has 0 aliphatic heterocycles. The highest BCUT2D eigenvalue weighted by molar-refractivity contribution is 5.86. The van der Waals surface area contributed by atoms with Gasteiger partial charge in [0.05, 0.1) is 0 Å². The van der Waals surface area contributed by atoms with Crippen LogP contribution in [-0.2, 0) is 11.3 Å². The molecule has 2 N–H and O–H groups in total. The van der Waals surface area contributed by atoms with Gasteiger partial charge in [0.1, 0.15) is 12.2 Å². The van der Waals surface area contributed by atoms with Crippen LogP contribution in [0.1, 0.15) is 24.3 Å². The average Bonchev–Trinajstić information content (AvgIpc) is 2.50. The molecule has 0 saturated carbocycles. The maximum absolute atomic E-state index is 11.4. The number of hydrogen-bond acceptors (Lipinski definition) is 2. The van der Waals surface area contributed by atoms with Gasteiger partial charge in [-0.25, -0.2) is 4.79 Å². The van der Waals surface area contributed by atoms with Crippen molar-refractivity contribution in [2.45, 2.75) is 26.4 Å². The average molecular weight is 210 g/mol. The van der Waals surface area contributed by atoms with Crippen LogP contribution >= 0.6 is 0 Å². The van der Waals surface area contributed by atoms with Crippen molar-refractivity contribution >= 4 is 11.9 Å². The van der Waals surface area contributed by atoms with Gasteiger partial charge in [-0.05, 0) is 26.0 Å². The maximum Gasteiger partial charge on any atom is 0.352 e. The normalized spacial score (nSPS) is 10.3. The van der Waals surface area contributed by atoms with Gasteiger partial charge in [-0.1, -0.05) is 0 Å².